The lowest BCUT2D eigenvalue weighted by molar-refractivity contribution is -0.134. The Labute approximate surface area is 176 Å². The highest BCUT2D eigenvalue weighted by molar-refractivity contribution is 6.31. The number of fused-ring (bicyclic) bond motifs is 1. The number of morpholine rings is 1. The third kappa shape index (κ3) is 4.14. The van der Waals surface area contributed by atoms with Gasteiger partial charge in [0.15, 0.2) is 0 Å². The number of hydrogen-bond donors (Lipinski definition) is 1. The number of nitrogens with zero attached hydrogens (tertiary/aromatic N) is 4. The molecule has 1 saturated carbocycles. The SMILES string of the molecule is CN(C(=O)CCc1nc2cc(Cl)ccc2n1C)[C@@H]1CC[C@@H](N2CCOCC2)[C@@H]1O. The molecule has 1 aliphatic heterocycles. The summed E-state index contributed by atoms with van der Waals surface area (Å²) in [6, 6.07) is 5.62. The number of carbonyl (C=O) groups excluding carboxylic acids is 1. The fourth-order valence-electron chi connectivity index (χ4n) is 4.70. The molecule has 1 N–H and O–H groups in total. The number of aliphatic hydroxyl groups excluding tert-OH is 1. The van der Waals surface area contributed by atoms with Crippen LogP contribution in [0.1, 0.15) is 25.1 Å². The molecule has 29 heavy (non-hydrogen) atoms. The Bertz CT molecular complexity index is 880. The van der Waals surface area contributed by atoms with Crippen LogP contribution in [0.2, 0.25) is 5.02 Å². The van der Waals surface area contributed by atoms with Gasteiger partial charge < -0.3 is 19.3 Å². The standard InChI is InChI=1S/C21H29ClN4O3/c1-24-16-4-3-14(22)13-15(16)23-19(24)7-8-20(27)25(2)17-5-6-18(21(17)28)26-9-11-29-12-10-26/h3-4,13,17-18,21,28H,5-12H2,1-2H3/t17-,18-,21-/m1/s1. The molecule has 1 aromatic carbocycles. The second-order valence-corrected chi connectivity index (χ2v) is 8.51. The quantitative estimate of drug-likeness (QED) is 0.799. The van der Waals surface area contributed by atoms with Crippen LogP contribution in [0.15, 0.2) is 18.2 Å². The van der Waals surface area contributed by atoms with E-state index in [1.54, 1.807) is 4.90 Å². The number of amides is 1. The van der Waals surface area contributed by atoms with Crippen molar-refractivity contribution < 1.29 is 14.6 Å². The van der Waals surface area contributed by atoms with Crippen molar-refractivity contribution in [2.24, 2.45) is 7.05 Å². The van der Waals surface area contributed by atoms with Crippen LogP contribution in [0.3, 0.4) is 0 Å². The van der Waals surface area contributed by atoms with E-state index < -0.39 is 6.10 Å². The Hall–Kier alpha value is -1.67. The minimum Gasteiger partial charge on any atom is -0.389 e. The molecule has 0 unspecified atom stereocenters. The summed E-state index contributed by atoms with van der Waals surface area (Å²) >= 11 is 6.06. The van der Waals surface area contributed by atoms with Crippen molar-refractivity contribution in [2.75, 3.05) is 33.4 Å². The van der Waals surface area contributed by atoms with E-state index in [0.717, 1.165) is 42.8 Å². The Balaban J connectivity index is 1.37. The molecule has 7 nitrogen and oxygen atoms in total. The molecular weight excluding hydrogens is 392 g/mol. The molecule has 0 spiro atoms. The van der Waals surface area contributed by atoms with E-state index >= 15 is 0 Å². The minimum absolute atomic E-state index is 0.0433. The van der Waals surface area contributed by atoms with Crippen LogP contribution >= 0.6 is 11.6 Å². The molecule has 3 atom stereocenters. The van der Waals surface area contributed by atoms with Gasteiger partial charge in [0.1, 0.15) is 5.82 Å². The molecule has 1 saturated heterocycles. The summed E-state index contributed by atoms with van der Waals surface area (Å²) in [5, 5.41) is 11.5. The first-order valence-electron chi connectivity index (χ1n) is 10.3. The molecule has 1 aliphatic carbocycles. The molecule has 158 valence electrons. The van der Waals surface area contributed by atoms with Gasteiger partial charge in [-0.1, -0.05) is 11.6 Å². The highest BCUT2D eigenvalue weighted by atomic mass is 35.5. The van der Waals surface area contributed by atoms with Gasteiger partial charge in [-0.25, -0.2) is 4.98 Å². The molecule has 2 aliphatic rings. The zero-order valence-electron chi connectivity index (χ0n) is 17.1. The molecule has 0 bridgehead atoms. The van der Waals surface area contributed by atoms with Gasteiger partial charge in [0.05, 0.1) is 36.4 Å². The molecule has 2 fully saturated rings. The summed E-state index contributed by atoms with van der Waals surface area (Å²) in [5.74, 6) is 0.906. The monoisotopic (exact) mass is 420 g/mol. The van der Waals surface area contributed by atoms with E-state index in [0.29, 0.717) is 31.1 Å². The number of aryl methyl sites for hydroxylation is 2. The van der Waals surface area contributed by atoms with E-state index in [2.05, 4.69) is 9.88 Å². The van der Waals surface area contributed by atoms with Crippen LogP contribution in [0.25, 0.3) is 11.0 Å². The van der Waals surface area contributed by atoms with Crippen molar-refractivity contribution in [1.82, 2.24) is 19.4 Å². The van der Waals surface area contributed by atoms with Crippen LogP contribution in [-0.2, 0) is 23.0 Å². The Morgan fingerprint density at radius 2 is 2.10 bits per heavy atom. The van der Waals surface area contributed by atoms with Crippen molar-refractivity contribution >= 4 is 28.5 Å². The van der Waals surface area contributed by atoms with Gasteiger partial charge in [-0.15, -0.1) is 0 Å². The van der Waals surface area contributed by atoms with Crippen molar-refractivity contribution in [3.8, 4) is 0 Å². The number of aliphatic hydroxyl groups is 1. The Kier molecular flexibility index (Phi) is 6.11. The minimum atomic E-state index is -0.514. The summed E-state index contributed by atoms with van der Waals surface area (Å²) in [6.07, 6.45) is 2.15. The zero-order valence-corrected chi connectivity index (χ0v) is 17.8. The summed E-state index contributed by atoms with van der Waals surface area (Å²) in [5.41, 5.74) is 1.85. The smallest absolute Gasteiger partial charge is 0.223 e. The maximum Gasteiger partial charge on any atom is 0.223 e. The van der Waals surface area contributed by atoms with Crippen LogP contribution in [0.5, 0.6) is 0 Å². The van der Waals surface area contributed by atoms with E-state index in [1.807, 2.05) is 36.9 Å². The van der Waals surface area contributed by atoms with E-state index in [-0.39, 0.29) is 18.0 Å². The van der Waals surface area contributed by atoms with Gasteiger partial charge in [0, 0.05) is 51.1 Å². The summed E-state index contributed by atoms with van der Waals surface area (Å²) in [6.45, 7) is 3.13. The number of halogens is 1. The largest absolute Gasteiger partial charge is 0.389 e. The number of hydrogen-bond acceptors (Lipinski definition) is 5. The summed E-state index contributed by atoms with van der Waals surface area (Å²) < 4.78 is 7.43. The van der Waals surface area contributed by atoms with Crippen molar-refractivity contribution in [3.05, 3.63) is 29.0 Å². The van der Waals surface area contributed by atoms with Gasteiger partial charge in [-0.2, -0.15) is 0 Å². The van der Waals surface area contributed by atoms with Gasteiger partial charge >= 0.3 is 0 Å². The molecule has 0 radical (unpaired) electrons. The van der Waals surface area contributed by atoms with Gasteiger partial charge in [0.2, 0.25) is 5.91 Å². The summed E-state index contributed by atoms with van der Waals surface area (Å²) in [7, 11) is 3.77. The second kappa shape index (κ2) is 8.60. The Morgan fingerprint density at radius 1 is 1.34 bits per heavy atom. The number of aromatic nitrogens is 2. The first-order chi connectivity index (χ1) is 14.0. The zero-order chi connectivity index (χ0) is 20.5. The second-order valence-electron chi connectivity index (χ2n) is 8.08. The third-order valence-corrected chi connectivity index (χ3v) is 6.69. The Morgan fingerprint density at radius 3 is 2.86 bits per heavy atom. The lowest BCUT2D eigenvalue weighted by Gasteiger charge is -2.36. The number of ether oxygens (including phenoxy) is 1. The topological polar surface area (TPSA) is 70.8 Å². The highest BCUT2D eigenvalue weighted by Gasteiger charge is 2.41. The van der Waals surface area contributed by atoms with Crippen LogP contribution in [0.4, 0.5) is 0 Å². The lowest BCUT2D eigenvalue weighted by atomic mass is 10.1. The molecule has 1 aromatic heterocycles. The van der Waals surface area contributed by atoms with Gasteiger partial charge in [-0.05, 0) is 31.0 Å². The van der Waals surface area contributed by atoms with E-state index in [1.165, 1.54) is 0 Å². The fraction of sp³-hybridized carbons (Fsp3) is 0.619. The number of rotatable bonds is 5. The fourth-order valence-corrected chi connectivity index (χ4v) is 4.86. The van der Waals surface area contributed by atoms with Crippen molar-refractivity contribution in [1.29, 1.82) is 0 Å². The molecule has 2 heterocycles. The van der Waals surface area contributed by atoms with Crippen molar-refractivity contribution in [3.63, 3.8) is 0 Å². The average molecular weight is 421 g/mol. The highest BCUT2D eigenvalue weighted by Crippen LogP contribution is 2.29. The molecular formula is C21H29ClN4O3. The maximum absolute atomic E-state index is 12.8. The predicted octanol–water partition coefficient (Wildman–Crippen LogP) is 1.84. The third-order valence-electron chi connectivity index (χ3n) is 6.45. The van der Waals surface area contributed by atoms with Crippen LogP contribution < -0.4 is 0 Å². The van der Waals surface area contributed by atoms with Crippen LogP contribution in [-0.4, -0.2) is 81.9 Å². The van der Waals surface area contributed by atoms with E-state index in [4.69, 9.17) is 16.3 Å². The predicted molar refractivity (Wildman–Crippen MR) is 112 cm³/mol. The first-order valence-corrected chi connectivity index (χ1v) is 10.7. The normalized spacial score (nSPS) is 25.6. The number of benzene rings is 1. The van der Waals surface area contributed by atoms with Gasteiger partial charge in [0.25, 0.3) is 0 Å². The van der Waals surface area contributed by atoms with E-state index in [9.17, 15) is 9.90 Å². The number of likely N-dealkylation sites (N-methyl/N-ethyl adjacent to an activating group) is 1. The molecule has 1 amide bonds. The average Bonchev–Trinajstić information content (AvgIpc) is 3.25. The van der Waals surface area contributed by atoms with Gasteiger partial charge in [-0.3, -0.25) is 9.69 Å². The lowest BCUT2D eigenvalue weighted by Crippen LogP contribution is -2.51. The maximum atomic E-state index is 12.8. The molecule has 8 heteroatoms. The number of carbonyl (C=O) groups is 1. The van der Waals surface area contributed by atoms with Crippen molar-refractivity contribution in [2.45, 2.75) is 43.9 Å². The molecule has 2 aromatic rings. The molecule has 4 rings (SSSR count). The first kappa shape index (κ1) is 20.6. The number of imidazole rings is 1. The summed E-state index contributed by atoms with van der Waals surface area (Å²) in [4.78, 5) is 21.5. The van der Waals surface area contributed by atoms with Crippen LogP contribution in [0, 0.1) is 0 Å².